The SMILES string of the molecule is CCCOc1ccc2ccccc2c1/C=C1/SC(=Nc2ccccc2CC)N(C)C1=O. The van der Waals surface area contributed by atoms with Gasteiger partial charge in [0.2, 0.25) is 0 Å². The molecule has 31 heavy (non-hydrogen) atoms. The van der Waals surface area contributed by atoms with Crippen molar-refractivity contribution in [2.75, 3.05) is 13.7 Å². The van der Waals surface area contributed by atoms with Crippen LogP contribution in [0.1, 0.15) is 31.4 Å². The van der Waals surface area contributed by atoms with Crippen LogP contribution in [-0.2, 0) is 11.2 Å². The van der Waals surface area contributed by atoms with Crippen LogP contribution in [0.15, 0.2) is 70.6 Å². The first-order chi connectivity index (χ1) is 15.1. The first kappa shape index (κ1) is 21.2. The lowest BCUT2D eigenvalue weighted by molar-refractivity contribution is -0.121. The van der Waals surface area contributed by atoms with Crippen LogP contribution in [0, 0.1) is 0 Å². The minimum Gasteiger partial charge on any atom is -0.493 e. The zero-order chi connectivity index (χ0) is 21.8. The van der Waals surface area contributed by atoms with Crippen LogP contribution in [0.4, 0.5) is 5.69 Å². The van der Waals surface area contributed by atoms with Gasteiger partial charge in [-0.25, -0.2) is 4.99 Å². The molecule has 0 atom stereocenters. The van der Waals surface area contributed by atoms with Crippen LogP contribution in [0.5, 0.6) is 5.75 Å². The molecule has 1 saturated heterocycles. The summed E-state index contributed by atoms with van der Waals surface area (Å²) in [6.45, 7) is 4.83. The quantitative estimate of drug-likeness (QED) is 0.424. The van der Waals surface area contributed by atoms with Gasteiger partial charge in [-0.1, -0.05) is 62.4 Å². The summed E-state index contributed by atoms with van der Waals surface area (Å²) in [5, 5.41) is 2.88. The van der Waals surface area contributed by atoms with Gasteiger partial charge in [0.1, 0.15) is 5.75 Å². The Morgan fingerprint density at radius 2 is 1.81 bits per heavy atom. The molecule has 158 valence electrons. The summed E-state index contributed by atoms with van der Waals surface area (Å²) in [5.41, 5.74) is 3.01. The first-order valence-corrected chi connectivity index (χ1v) is 11.4. The number of amides is 1. The van der Waals surface area contributed by atoms with Crippen LogP contribution < -0.4 is 4.74 Å². The Kier molecular flexibility index (Phi) is 6.42. The molecule has 1 aliphatic heterocycles. The topological polar surface area (TPSA) is 41.9 Å². The maximum atomic E-state index is 13.0. The summed E-state index contributed by atoms with van der Waals surface area (Å²) in [5.74, 6) is 0.748. The highest BCUT2D eigenvalue weighted by molar-refractivity contribution is 8.18. The number of para-hydroxylation sites is 1. The molecule has 0 unspecified atom stereocenters. The van der Waals surface area contributed by atoms with Crippen LogP contribution in [0.2, 0.25) is 0 Å². The number of ether oxygens (including phenoxy) is 1. The van der Waals surface area contributed by atoms with Gasteiger partial charge in [0.05, 0.1) is 17.2 Å². The molecule has 1 heterocycles. The number of aryl methyl sites for hydroxylation is 1. The molecule has 0 saturated carbocycles. The van der Waals surface area contributed by atoms with Gasteiger partial charge in [0.15, 0.2) is 5.17 Å². The van der Waals surface area contributed by atoms with E-state index >= 15 is 0 Å². The van der Waals surface area contributed by atoms with E-state index in [-0.39, 0.29) is 5.91 Å². The summed E-state index contributed by atoms with van der Waals surface area (Å²) in [4.78, 5) is 20.1. The van der Waals surface area contributed by atoms with Crippen molar-refractivity contribution in [3.8, 4) is 5.75 Å². The van der Waals surface area contributed by atoms with Crippen LogP contribution in [0.3, 0.4) is 0 Å². The number of carbonyl (C=O) groups is 1. The standard InChI is InChI=1S/C26H26N2O2S/c1-4-16-30-23-15-14-19-11-6-8-12-20(19)21(23)17-24-25(29)28(3)26(31-24)27-22-13-9-7-10-18(22)5-2/h6-15,17H,4-5,16H2,1-3H3/b24-17+,27-26?. The van der Waals surface area contributed by atoms with E-state index in [0.29, 0.717) is 16.7 Å². The summed E-state index contributed by atoms with van der Waals surface area (Å²) in [6.07, 6.45) is 3.77. The summed E-state index contributed by atoms with van der Waals surface area (Å²) in [6, 6.07) is 20.3. The zero-order valence-corrected chi connectivity index (χ0v) is 18.9. The summed E-state index contributed by atoms with van der Waals surface area (Å²) in [7, 11) is 1.78. The highest BCUT2D eigenvalue weighted by atomic mass is 32.2. The lowest BCUT2D eigenvalue weighted by Crippen LogP contribution is -2.23. The summed E-state index contributed by atoms with van der Waals surface area (Å²) >= 11 is 1.41. The number of nitrogens with zero attached hydrogens (tertiary/aromatic N) is 2. The van der Waals surface area contributed by atoms with Gasteiger partial charge in [-0.05, 0) is 59.1 Å². The number of hydrogen-bond acceptors (Lipinski definition) is 4. The van der Waals surface area contributed by atoms with Crippen molar-refractivity contribution in [2.45, 2.75) is 26.7 Å². The third-order valence-corrected chi connectivity index (χ3v) is 6.32. The zero-order valence-electron chi connectivity index (χ0n) is 18.1. The van der Waals surface area contributed by atoms with E-state index in [1.807, 2.05) is 42.5 Å². The number of carbonyl (C=O) groups excluding carboxylic acids is 1. The average Bonchev–Trinajstić information content (AvgIpc) is 3.06. The Labute approximate surface area is 187 Å². The second-order valence-corrected chi connectivity index (χ2v) is 8.41. The molecule has 4 rings (SSSR count). The lowest BCUT2D eigenvalue weighted by Gasteiger charge is -2.12. The maximum Gasteiger partial charge on any atom is 0.266 e. The molecule has 5 heteroatoms. The smallest absolute Gasteiger partial charge is 0.266 e. The Hall–Kier alpha value is -3.05. The van der Waals surface area contributed by atoms with E-state index in [2.05, 4.69) is 38.1 Å². The molecule has 3 aromatic carbocycles. The Morgan fingerprint density at radius 1 is 1.03 bits per heavy atom. The Bertz CT molecular complexity index is 1180. The van der Waals surface area contributed by atoms with Crippen molar-refractivity contribution >= 4 is 45.4 Å². The summed E-state index contributed by atoms with van der Waals surface area (Å²) < 4.78 is 6.01. The molecule has 1 amide bonds. The largest absolute Gasteiger partial charge is 0.493 e. The molecule has 1 aliphatic rings. The fourth-order valence-corrected chi connectivity index (χ4v) is 4.53. The minimum absolute atomic E-state index is 0.0490. The van der Waals surface area contributed by atoms with Crippen LogP contribution >= 0.6 is 11.8 Å². The maximum absolute atomic E-state index is 13.0. The molecule has 0 spiro atoms. The normalized spacial score (nSPS) is 16.6. The number of fused-ring (bicyclic) bond motifs is 1. The number of benzene rings is 3. The number of hydrogen-bond donors (Lipinski definition) is 0. The first-order valence-electron chi connectivity index (χ1n) is 10.6. The molecular formula is C26H26N2O2S. The fraction of sp³-hybridized carbons (Fsp3) is 0.231. The number of thioether (sulfide) groups is 1. The highest BCUT2D eigenvalue weighted by Gasteiger charge is 2.31. The van der Waals surface area contributed by atoms with Gasteiger partial charge >= 0.3 is 0 Å². The van der Waals surface area contributed by atoms with Gasteiger partial charge in [0, 0.05) is 12.6 Å². The van der Waals surface area contributed by atoms with Crippen molar-refractivity contribution in [3.05, 3.63) is 76.7 Å². The molecular weight excluding hydrogens is 404 g/mol. The second-order valence-electron chi connectivity index (χ2n) is 7.40. The van der Waals surface area contributed by atoms with Crippen molar-refractivity contribution < 1.29 is 9.53 Å². The number of aliphatic imine (C=N–C) groups is 1. The molecule has 0 aliphatic carbocycles. The number of rotatable bonds is 6. The van der Waals surface area contributed by atoms with E-state index in [1.54, 1.807) is 11.9 Å². The molecule has 0 N–H and O–H groups in total. The van der Waals surface area contributed by atoms with Crippen molar-refractivity contribution in [2.24, 2.45) is 4.99 Å². The highest BCUT2D eigenvalue weighted by Crippen LogP contribution is 2.37. The van der Waals surface area contributed by atoms with E-state index in [0.717, 1.165) is 46.2 Å². The van der Waals surface area contributed by atoms with Gasteiger partial charge in [-0.2, -0.15) is 0 Å². The molecule has 3 aromatic rings. The lowest BCUT2D eigenvalue weighted by atomic mass is 10.0. The third kappa shape index (κ3) is 4.37. The predicted octanol–water partition coefficient (Wildman–Crippen LogP) is 6.42. The third-order valence-electron chi connectivity index (χ3n) is 5.26. The minimum atomic E-state index is -0.0490. The molecule has 0 aromatic heterocycles. The van der Waals surface area contributed by atoms with E-state index in [1.165, 1.54) is 11.8 Å². The number of amidine groups is 1. The predicted molar refractivity (Wildman–Crippen MR) is 131 cm³/mol. The van der Waals surface area contributed by atoms with Gasteiger partial charge in [0.25, 0.3) is 5.91 Å². The van der Waals surface area contributed by atoms with Gasteiger partial charge < -0.3 is 4.74 Å². The average molecular weight is 431 g/mol. The van der Waals surface area contributed by atoms with Crippen molar-refractivity contribution in [1.29, 1.82) is 0 Å². The van der Waals surface area contributed by atoms with E-state index in [4.69, 9.17) is 9.73 Å². The Morgan fingerprint density at radius 3 is 2.61 bits per heavy atom. The number of likely N-dealkylation sites (N-methyl/N-ethyl adjacent to an activating group) is 1. The molecule has 4 nitrogen and oxygen atoms in total. The molecule has 1 fully saturated rings. The van der Waals surface area contributed by atoms with Crippen molar-refractivity contribution in [1.82, 2.24) is 4.90 Å². The second kappa shape index (κ2) is 9.40. The van der Waals surface area contributed by atoms with Crippen LogP contribution in [0.25, 0.3) is 16.8 Å². The monoisotopic (exact) mass is 430 g/mol. The van der Waals surface area contributed by atoms with E-state index in [9.17, 15) is 4.79 Å². The van der Waals surface area contributed by atoms with Gasteiger partial charge in [-0.3, -0.25) is 9.69 Å². The van der Waals surface area contributed by atoms with Gasteiger partial charge in [-0.15, -0.1) is 0 Å². The molecule has 0 radical (unpaired) electrons. The van der Waals surface area contributed by atoms with E-state index < -0.39 is 0 Å². The van der Waals surface area contributed by atoms with Crippen LogP contribution in [-0.4, -0.2) is 29.6 Å². The van der Waals surface area contributed by atoms with Crippen molar-refractivity contribution in [3.63, 3.8) is 0 Å². The Balaban J connectivity index is 1.76. The molecule has 0 bridgehead atoms. The fourth-order valence-electron chi connectivity index (χ4n) is 3.57.